The largest absolute Gasteiger partial charge is 0.481 e. The Morgan fingerprint density at radius 1 is 1.17 bits per heavy atom. The summed E-state index contributed by atoms with van der Waals surface area (Å²) < 4.78 is 6.40. The molecule has 0 unspecified atom stereocenters. The molecular formula is C27H35N3O6. The van der Waals surface area contributed by atoms with Crippen molar-refractivity contribution in [1.29, 1.82) is 0 Å². The summed E-state index contributed by atoms with van der Waals surface area (Å²) >= 11 is 0. The van der Waals surface area contributed by atoms with E-state index in [9.17, 15) is 19.7 Å². The second kappa shape index (κ2) is 12.1. The molecule has 2 aromatic carbocycles. The number of carbonyl (C=O) groups excluding carboxylic acids is 1. The topological polar surface area (TPSA) is 131 Å². The normalized spacial score (nSPS) is 25.1. The quantitative estimate of drug-likeness (QED) is 0.302. The molecule has 0 radical (unpaired) electrons. The maximum Gasteiger partial charge on any atom is 0.305 e. The van der Waals surface area contributed by atoms with Gasteiger partial charge in [-0.05, 0) is 24.0 Å². The highest BCUT2D eigenvalue weighted by Crippen LogP contribution is 2.45. The summed E-state index contributed by atoms with van der Waals surface area (Å²) in [6, 6.07) is 16.8. The zero-order chi connectivity index (χ0) is 26.3. The number of carboxylic acid groups (broad SMARTS) is 1. The molecule has 9 heteroatoms. The van der Waals surface area contributed by atoms with Gasteiger partial charge >= 0.3 is 5.97 Å². The zero-order valence-electron chi connectivity index (χ0n) is 20.9. The van der Waals surface area contributed by atoms with Crippen LogP contribution in [0.25, 0.3) is 0 Å². The molecule has 9 nitrogen and oxygen atoms in total. The molecule has 0 saturated carbocycles. The smallest absolute Gasteiger partial charge is 0.305 e. The van der Waals surface area contributed by atoms with Gasteiger partial charge in [-0.25, -0.2) is 0 Å². The molecule has 0 aliphatic carbocycles. The van der Waals surface area contributed by atoms with Crippen molar-refractivity contribution in [2.75, 3.05) is 6.54 Å². The first-order chi connectivity index (χ1) is 17.2. The number of aliphatic carboxylic acids is 1. The minimum atomic E-state index is -1.37. The molecule has 1 aliphatic rings. The van der Waals surface area contributed by atoms with Gasteiger partial charge in [-0.3, -0.25) is 25.0 Å². The van der Waals surface area contributed by atoms with Crippen LogP contribution in [0.3, 0.4) is 0 Å². The van der Waals surface area contributed by atoms with Gasteiger partial charge in [0.2, 0.25) is 11.9 Å². The molecule has 0 aromatic heterocycles. The van der Waals surface area contributed by atoms with Gasteiger partial charge in [-0.1, -0.05) is 80.9 Å². The Hall–Kier alpha value is -3.30. The van der Waals surface area contributed by atoms with Crippen molar-refractivity contribution in [3.8, 4) is 0 Å². The Labute approximate surface area is 211 Å². The first-order valence-electron chi connectivity index (χ1n) is 12.3. The van der Waals surface area contributed by atoms with Crippen molar-refractivity contribution in [3.63, 3.8) is 0 Å². The fraction of sp³-hybridized carbons (Fsp3) is 0.481. The molecule has 0 spiro atoms. The average Bonchev–Trinajstić information content (AvgIpc) is 3.19. The molecule has 6 atom stereocenters. The summed E-state index contributed by atoms with van der Waals surface area (Å²) in [4.78, 5) is 36.8. The number of hydrogen-bond acceptors (Lipinski definition) is 6. The third-order valence-corrected chi connectivity index (χ3v) is 7.17. The number of carboxylic acids is 1. The molecule has 1 aliphatic heterocycles. The van der Waals surface area contributed by atoms with E-state index in [1.54, 1.807) is 6.92 Å². The molecule has 3 N–H and O–H groups in total. The van der Waals surface area contributed by atoms with E-state index >= 15 is 0 Å². The number of nitrogens with one attached hydrogen (secondary N) is 2. The number of nitro groups is 1. The molecule has 2 aromatic rings. The van der Waals surface area contributed by atoms with Crippen molar-refractivity contribution >= 4 is 11.9 Å². The summed E-state index contributed by atoms with van der Waals surface area (Å²) in [7, 11) is 0. The minimum Gasteiger partial charge on any atom is -0.481 e. The van der Waals surface area contributed by atoms with Gasteiger partial charge in [0, 0.05) is 11.5 Å². The summed E-state index contributed by atoms with van der Waals surface area (Å²) in [6.07, 6.45) is -0.151. The van der Waals surface area contributed by atoms with Crippen LogP contribution in [0.1, 0.15) is 50.8 Å². The molecule has 1 heterocycles. The molecule has 1 amide bonds. The second-order valence-corrected chi connectivity index (χ2v) is 9.58. The van der Waals surface area contributed by atoms with Gasteiger partial charge in [0.05, 0.1) is 25.0 Å². The van der Waals surface area contributed by atoms with E-state index in [4.69, 9.17) is 9.84 Å². The van der Waals surface area contributed by atoms with Crippen LogP contribution >= 0.6 is 0 Å². The van der Waals surface area contributed by atoms with Gasteiger partial charge in [-0.15, -0.1) is 0 Å². The van der Waals surface area contributed by atoms with Crippen LogP contribution in [-0.2, 0) is 20.9 Å². The highest BCUT2D eigenvalue weighted by atomic mass is 16.6. The van der Waals surface area contributed by atoms with E-state index < -0.39 is 41.5 Å². The SMILES string of the molecule is CC[C@H](C)[C@H](OCc1ccccc1)[C@H]1[C@H]([N+](=O)[O-])[C@H](c2ccccc2)N[C@]1(C)C(=O)NCCC(=O)O. The highest BCUT2D eigenvalue weighted by Gasteiger charge is 2.64. The average molecular weight is 498 g/mol. The van der Waals surface area contributed by atoms with E-state index in [0.717, 1.165) is 5.56 Å². The highest BCUT2D eigenvalue weighted by molar-refractivity contribution is 5.87. The van der Waals surface area contributed by atoms with Crippen LogP contribution < -0.4 is 10.6 Å². The molecule has 0 bridgehead atoms. The molecule has 1 fully saturated rings. The Morgan fingerprint density at radius 3 is 2.33 bits per heavy atom. The molecular weight excluding hydrogens is 462 g/mol. The first-order valence-corrected chi connectivity index (χ1v) is 12.3. The van der Waals surface area contributed by atoms with Crippen molar-refractivity contribution in [1.82, 2.24) is 10.6 Å². The first kappa shape index (κ1) is 27.3. The number of amides is 1. The number of ether oxygens (including phenoxy) is 1. The van der Waals surface area contributed by atoms with E-state index in [1.165, 1.54) is 0 Å². The van der Waals surface area contributed by atoms with Gasteiger partial charge in [0.1, 0.15) is 11.6 Å². The number of benzene rings is 2. The van der Waals surface area contributed by atoms with Gasteiger partial charge in [0.25, 0.3) is 0 Å². The summed E-state index contributed by atoms with van der Waals surface area (Å²) in [5.74, 6) is -2.41. The van der Waals surface area contributed by atoms with Gasteiger partial charge in [0.15, 0.2) is 0 Å². The molecule has 1 saturated heterocycles. The zero-order valence-corrected chi connectivity index (χ0v) is 20.9. The Bertz CT molecular complexity index is 1030. The lowest BCUT2D eigenvalue weighted by molar-refractivity contribution is -0.536. The monoisotopic (exact) mass is 497 g/mol. The fourth-order valence-electron chi connectivity index (χ4n) is 5.07. The van der Waals surface area contributed by atoms with Crippen molar-refractivity contribution in [2.45, 2.75) is 63.9 Å². The molecule has 3 rings (SSSR count). The lowest BCUT2D eigenvalue weighted by Gasteiger charge is -2.37. The Morgan fingerprint density at radius 2 is 1.78 bits per heavy atom. The maximum atomic E-state index is 13.5. The third kappa shape index (κ3) is 6.09. The van der Waals surface area contributed by atoms with Crippen LogP contribution in [0.15, 0.2) is 60.7 Å². The third-order valence-electron chi connectivity index (χ3n) is 7.17. The number of rotatable bonds is 12. The van der Waals surface area contributed by atoms with Crippen LogP contribution in [0.2, 0.25) is 0 Å². The Balaban J connectivity index is 2.04. The second-order valence-electron chi connectivity index (χ2n) is 9.58. The van der Waals surface area contributed by atoms with Crippen LogP contribution in [0, 0.1) is 22.0 Å². The number of nitrogens with zero attached hydrogens (tertiary/aromatic N) is 1. The number of carbonyl (C=O) groups is 2. The predicted octanol–water partition coefficient (Wildman–Crippen LogP) is 3.57. The van der Waals surface area contributed by atoms with Crippen LogP contribution in [0.5, 0.6) is 0 Å². The van der Waals surface area contributed by atoms with E-state index in [1.807, 2.05) is 74.5 Å². The van der Waals surface area contributed by atoms with E-state index in [2.05, 4.69) is 10.6 Å². The van der Waals surface area contributed by atoms with Gasteiger partial charge in [-0.2, -0.15) is 0 Å². The summed E-state index contributed by atoms with van der Waals surface area (Å²) in [5.41, 5.74) is 0.264. The van der Waals surface area contributed by atoms with Crippen LogP contribution in [-0.4, -0.2) is 46.1 Å². The number of hydrogen-bond donors (Lipinski definition) is 3. The minimum absolute atomic E-state index is 0.0733. The predicted molar refractivity (Wildman–Crippen MR) is 135 cm³/mol. The fourth-order valence-corrected chi connectivity index (χ4v) is 5.07. The van der Waals surface area contributed by atoms with Crippen LogP contribution in [0.4, 0.5) is 0 Å². The lowest BCUT2D eigenvalue weighted by Crippen LogP contribution is -2.60. The molecule has 36 heavy (non-hydrogen) atoms. The van der Waals surface area contributed by atoms with Crippen molar-refractivity contribution in [2.24, 2.45) is 11.8 Å². The summed E-state index contributed by atoms with van der Waals surface area (Å²) in [5, 5.41) is 27.6. The van der Waals surface area contributed by atoms with E-state index in [-0.39, 0.29) is 30.4 Å². The van der Waals surface area contributed by atoms with Gasteiger partial charge < -0.3 is 15.2 Å². The molecule has 194 valence electrons. The maximum absolute atomic E-state index is 13.5. The summed E-state index contributed by atoms with van der Waals surface area (Å²) in [6.45, 7) is 5.81. The van der Waals surface area contributed by atoms with Crippen molar-refractivity contribution < 1.29 is 24.4 Å². The lowest BCUT2D eigenvalue weighted by atomic mass is 9.74. The Kier molecular flexibility index (Phi) is 9.17. The standard InChI is InChI=1S/C27H35N3O6/c1-4-18(2)25(36-17-19-11-7-5-8-12-19)22-24(30(34)35)23(20-13-9-6-10-14-20)29-27(22,3)26(33)28-16-15-21(31)32/h5-14,18,22-25,29H,4,15-17H2,1-3H3,(H,28,33)(H,31,32)/t18-,22+,23-,24-,25-,27-/m0/s1. The van der Waals surface area contributed by atoms with Crippen molar-refractivity contribution in [3.05, 3.63) is 81.9 Å². The van der Waals surface area contributed by atoms with E-state index in [0.29, 0.717) is 12.0 Å².